The van der Waals surface area contributed by atoms with E-state index < -0.39 is 0 Å². The number of piperidine rings is 2. The van der Waals surface area contributed by atoms with Gasteiger partial charge in [-0.3, -0.25) is 4.90 Å². The van der Waals surface area contributed by atoms with Gasteiger partial charge in [-0.15, -0.1) is 0 Å². The minimum Gasteiger partial charge on any atom is -0.306 e. The van der Waals surface area contributed by atoms with E-state index in [1.54, 1.807) is 0 Å². The predicted octanol–water partition coefficient (Wildman–Crippen LogP) is 2.63. The molecule has 2 bridgehead atoms. The largest absolute Gasteiger partial charge is 0.306 e. The van der Waals surface area contributed by atoms with E-state index in [1.807, 2.05) is 0 Å². The van der Waals surface area contributed by atoms with Crippen molar-refractivity contribution < 1.29 is 0 Å². The Morgan fingerprint density at radius 2 is 1.61 bits per heavy atom. The average molecular weight is 244 g/mol. The van der Waals surface area contributed by atoms with Crippen molar-refractivity contribution in [2.45, 2.75) is 19.4 Å². The van der Waals surface area contributed by atoms with Crippen LogP contribution in [0.5, 0.6) is 0 Å². The van der Waals surface area contributed by atoms with Crippen LogP contribution >= 0.6 is 0 Å². The lowest BCUT2D eigenvalue weighted by Crippen LogP contribution is -2.51. The van der Waals surface area contributed by atoms with Crippen LogP contribution < -0.4 is 0 Å². The van der Waals surface area contributed by atoms with Gasteiger partial charge in [-0.1, -0.05) is 30.3 Å². The Kier molecular flexibility index (Phi) is 3.40. The molecule has 98 valence electrons. The molecule has 2 aliphatic heterocycles. The van der Waals surface area contributed by atoms with Crippen molar-refractivity contribution >= 4 is 0 Å². The van der Waals surface area contributed by atoms with E-state index in [9.17, 15) is 0 Å². The molecular formula is C16H24N2. The highest BCUT2D eigenvalue weighted by Gasteiger charge is 2.34. The summed E-state index contributed by atoms with van der Waals surface area (Å²) in [5, 5.41) is 0. The Labute approximate surface area is 111 Å². The highest BCUT2D eigenvalue weighted by atomic mass is 15.2. The molecule has 2 saturated heterocycles. The molecule has 3 atom stereocenters. The van der Waals surface area contributed by atoms with Gasteiger partial charge in [-0.05, 0) is 37.8 Å². The Hall–Kier alpha value is -0.860. The highest BCUT2D eigenvalue weighted by molar-refractivity contribution is 5.18. The zero-order chi connectivity index (χ0) is 12.5. The van der Waals surface area contributed by atoms with Crippen molar-refractivity contribution in [2.24, 2.45) is 11.8 Å². The van der Waals surface area contributed by atoms with Gasteiger partial charge in [-0.25, -0.2) is 0 Å². The zero-order valence-corrected chi connectivity index (χ0v) is 11.5. The molecule has 0 saturated carbocycles. The summed E-state index contributed by atoms with van der Waals surface area (Å²) in [6, 6.07) is 11.5. The van der Waals surface area contributed by atoms with Crippen molar-refractivity contribution in [1.82, 2.24) is 9.80 Å². The van der Waals surface area contributed by atoms with Gasteiger partial charge in [-0.2, -0.15) is 0 Å². The number of likely N-dealkylation sites (tertiary alicyclic amines) is 2. The highest BCUT2D eigenvalue weighted by Crippen LogP contribution is 2.32. The molecule has 0 N–H and O–H groups in total. The van der Waals surface area contributed by atoms with Crippen LogP contribution in [-0.2, 0) is 0 Å². The van der Waals surface area contributed by atoms with Crippen LogP contribution in [-0.4, -0.2) is 43.0 Å². The van der Waals surface area contributed by atoms with E-state index in [1.165, 1.54) is 38.2 Å². The van der Waals surface area contributed by atoms with Crippen LogP contribution in [0, 0.1) is 11.8 Å². The summed E-state index contributed by atoms with van der Waals surface area (Å²) in [6.07, 6.45) is 1.45. The fourth-order valence-corrected chi connectivity index (χ4v) is 3.84. The fourth-order valence-electron chi connectivity index (χ4n) is 3.84. The third kappa shape index (κ3) is 2.45. The van der Waals surface area contributed by atoms with Gasteiger partial charge in [0, 0.05) is 32.2 Å². The minimum atomic E-state index is 0.569. The lowest BCUT2D eigenvalue weighted by Gasteiger charge is -2.46. The van der Waals surface area contributed by atoms with Crippen LogP contribution in [0.15, 0.2) is 30.3 Å². The van der Waals surface area contributed by atoms with Gasteiger partial charge < -0.3 is 4.90 Å². The smallest absolute Gasteiger partial charge is 0.0320 e. The molecule has 18 heavy (non-hydrogen) atoms. The Morgan fingerprint density at radius 3 is 2.22 bits per heavy atom. The van der Waals surface area contributed by atoms with Gasteiger partial charge in [0.15, 0.2) is 0 Å². The van der Waals surface area contributed by atoms with Crippen LogP contribution in [0.3, 0.4) is 0 Å². The molecule has 0 aliphatic carbocycles. The molecule has 1 aromatic carbocycles. The quantitative estimate of drug-likeness (QED) is 0.789. The van der Waals surface area contributed by atoms with Gasteiger partial charge in [0.25, 0.3) is 0 Å². The summed E-state index contributed by atoms with van der Waals surface area (Å²) in [4.78, 5) is 5.21. The molecule has 0 radical (unpaired) electrons. The molecule has 2 heterocycles. The summed E-state index contributed by atoms with van der Waals surface area (Å²) in [6.45, 7) is 7.48. The van der Waals surface area contributed by atoms with Crippen molar-refractivity contribution in [1.29, 1.82) is 0 Å². The Morgan fingerprint density at radius 1 is 1.00 bits per heavy atom. The topological polar surface area (TPSA) is 6.48 Å². The van der Waals surface area contributed by atoms with E-state index in [0.29, 0.717) is 6.04 Å². The number of hydrogen-bond acceptors (Lipinski definition) is 2. The van der Waals surface area contributed by atoms with E-state index in [-0.39, 0.29) is 0 Å². The number of benzene rings is 1. The first-order valence-corrected chi connectivity index (χ1v) is 7.20. The predicted molar refractivity (Wildman–Crippen MR) is 75.5 cm³/mol. The number of rotatable bonds is 2. The van der Waals surface area contributed by atoms with Crippen LogP contribution in [0.25, 0.3) is 0 Å². The molecule has 3 unspecified atom stereocenters. The Bertz CT molecular complexity index is 371. The number of hydrogen-bond donors (Lipinski definition) is 0. The van der Waals surface area contributed by atoms with Crippen molar-refractivity contribution in [3.8, 4) is 0 Å². The number of nitrogens with zero attached hydrogens (tertiary/aromatic N) is 2. The molecule has 1 aromatic rings. The summed E-state index contributed by atoms with van der Waals surface area (Å²) >= 11 is 0. The first kappa shape index (κ1) is 12.2. The molecular weight excluding hydrogens is 220 g/mol. The molecule has 2 heteroatoms. The monoisotopic (exact) mass is 244 g/mol. The summed E-state index contributed by atoms with van der Waals surface area (Å²) in [5.74, 6) is 1.77. The van der Waals surface area contributed by atoms with E-state index in [4.69, 9.17) is 0 Å². The summed E-state index contributed by atoms with van der Waals surface area (Å²) < 4.78 is 0. The third-order valence-electron chi connectivity index (χ3n) is 4.62. The fraction of sp³-hybridized carbons (Fsp3) is 0.625. The second-order valence-electron chi connectivity index (χ2n) is 6.23. The molecule has 2 fully saturated rings. The lowest BCUT2D eigenvalue weighted by atomic mass is 9.84. The first-order chi connectivity index (χ1) is 8.72. The Balaban J connectivity index is 1.71. The van der Waals surface area contributed by atoms with Crippen molar-refractivity contribution in [3.63, 3.8) is 0 Å². The zero-order valence-electron chi connectivity index (χ0n) is 11.5. The van der Waals surface area contributed by atoms with Crippen LogP contribution in [0.4, 0.5) is 0 Å². The molecule has 2 nitrogen and oxygen atoms in total. The maximum Gasteiger partial charge on any atom is 0.0320 e. The second kappa shape index (κ2) is 5.02. The minimum absolute atomic E-state index is 0.569. The molecule has 0 aromatic heterocycles. The first-order valence-electron chi connectivity index (χ1n) is 7.20. The van der Waals surface area contributed by atoms with Crippen LogP contribution in [0.2, 0.25) is 0 Å². The van der Waals surface area contributed by atoms with Gasteiger partial charge in [0.2, 0.25) is 0 Å². The summed E-state index contributed by atoms with van der Waals surface area (Å²) in [7, 11) is 2.27. The van der Waals surface area contributed by atoms with Gasteiger partial charge in [0.05, 0.1) is 0 Å². The van der Waals surface area contributed by atoms with E-state index in [2.05, 4.69) is 54.1 Å². The van der Waals surface area contributed by atoms with E-state index >= 15 is 0 Å². The second-order valence-corrected chi connectivity index (χ2v) is 6.23. The maximum atomic E-state index is 2.70. The number of fused-ring (bicyclic) bond motifs is 2. The molecule has 2 aliphatic rings. The van der Waals surface area contributed by atoms with Gasteiger partial charge >= 0.3 is 0 Å². The average Bonchev–Trinajstić information content (AvgIpc) is 2.37. The van der Waals surface area contributed by atoms with Crippen molar-refractivity contribution in [2.75, 3.05) is 33.2 Å². The van der Waals surface area contributed by atoms with Gasteiger partial charge in [0.1, 0.15) is 0 Å². The van der Waals surface area contributed by atoms with E-state index in [0.717, 1.165) is 11.8 Å². The normalized spacial score (nSPS) is 31.2. The van der Waals surface area contributed by atoms with Crippen LogP contribution in [0.1, 0.15) is 24.9 Å². The lowest BCUT2D eigenvalue weighted by molar-refractivity contribution is 0.0236. The summed E-state index contributed by atoms with van der Waals surface area (Å²) in [5.41, 5.74) is 1.46. The molecule has 0 spiro atoms. The maximum absolute atomic E-state index is 2.70. The molecule has 0 amide bonds. The SMILES string of the molecule is CC(c1ccccc1)N1CC2CC(CN(C)C2)C1. The van der Waals surface area contributed by atoms with Crippen molar-refractivity contribution in [3.05, 3.63) is 35.9 Å². The molecule has 3 rings (SSSR count). The third-order valence-corrected chi connectivity index (χ3v) is 4.62. The standard InChI is InChI=1S/C16H24N2/c1-13(16-6-4-3-5-7-16)18-11-14-8-15(12-18)10-17(2)9-14/h3-7,13-15H,8-12H2,1-2H3.